The van der Waals surface area contributed by atoms with Crippen LogP contribution in [0.2, 0.25) is 5.15 Å². The lowest BCUT2D eigenvalue weighted by Gasteiger charge is -2.24. The summed E-state index contributed by atoms with van der Waals surface area (Å²) in [6.07, 6.45) is 4.69. The number of benzene rings is 1. The van der Waals surface area contributed by atoms with Crippen molar-refractivity contribution in [3.05, 3.63) is 34.6 Å². The minimum absolute atomic E-state index is 0.167. The zero-order chi connectivity index (χ0) is 17.5. The fourth-order valence-electron chi connectivity index (χ4n) is 3.08. The predicted molar refractivity (Wildman–Crippen MR) is 101 cm³/mol. The molecule has 0 radical (unpaired) electrons. The van der Waals surface area contributed by atoms with Crippen LogP contribution >= 0.6 is 27.5 Å². The fraction of sp³-hybridized carbons (Fsp3) is 0.471. The molecule has 0 amide bonds. The van der Waals surface area contributed by atoms with Gasteiger partial charge < -0.3 is 0 Å². The SMILES string of the molecule is CC(C)CNS(=O)(=O)c1cc2c(c3cnc(Cl)cc13)CCCC2Br. The Kier molecular flexibility index (Phi) is 5.21. The Bertz CT molecular complexity index is 884. The molecule has 24 heavy (non-hydrogen) atoms. The third-order valence-electron chi connectivity index (χ3n) is 4.29. The van der Waals surface area contributed by atoms with Crippen LogP contribution in [0.25, 0.3) is 10.8 Å². The van der Waals surface area contributed by atoms with Gasteiger partial charge in [-0.1, -0.05) is 41.4 Å². The second kappa shape index (κ2) is 6.90. The van der Waals surface area contributed by atoms with Crippen molar-refractivity contribution in [2.45, 2.75) is 42.8 Å². The quantitative estimate of drug-likeness (QED) is 0.569. The molecule has 0 bridgehead atoms. The van der Waals surface area contributed by atoms with Crippen LogP contribution in [0.4, 0.5) is 0 Å². The van der Waals surface area contributed by atoms with Crippen molar-refractivity contribution in [1.82, 2.24) is 9.71 Å². The first-order valence-corrected chi connectivity index (χ1v) is 10.8. The smallest absolute Gasteiger partial charge is 0.241 e. The summed E-state index contributed by atoms with van der Waals surface area (Å²) in [5, 5.41) is 1.83. The van der Waals surface area contributed by atoms with Gasteiger partial charge in [-0.25, -0.2) is 18.1 Å². The molecule has 1 N–H and O–H groups in total. The molecule has 7 heteroatoms. The van der Waals surface area contributed by atoms with E-state index in [2.05, 4.69) is 25.6 Å². The number of fused-ring (bicyclic) bond motifs is 3. The number of hydrogen-bond donors (Lipinski definition) is 1. The Balaban J connectivity index is 2.25. The van der Waals surface area contributed by atoms with Gasteiger partial charge in [0.05, 0.1) is 4.90 Å². The van der Waals surface area contributed by atoms with E-state index in [-0.39, 0.29) is 15.6 Å². The van der Waals surface area contributed by atoms with Gasteiger partial charge >= 0.3 is 0 Å². The molecule has 2 aromatic rings. The van der Waals surface area contributed by atoms with E-state index in [0.717, 1.165) is 30.2 Å². The van der Waals surface area contributed by atoms with Crippen molar-refractivity contribution in [3.8, 4) is 0 Å². The minimum atomic E-state index is -3.61. The first-order chi connectivity index (χ1) is 11.3. The summed E-state index contributed by atoms with van der Waals surface area (Å²) in [6.45, 7) is 4.35. The van der Waals surface area contributed by atoms with Gasteiger partial charge in [0.15, 0.2) is 0 Å². The van der Waals surface area contributed by atoms with Crippen LogP contribution in [0.5, 0.6) is 0 Å². The molecule has 1 aliphatic carbocycles. The maximum absolute atomic E-state index is 12.9. The fourth-order valence-corrected chi connectivity index (χ4v) is 5.42. The number of alkyl halides is 1. The highest BCUT2D eigenvalue weighted by atomic mass is 79.9. The zero-order valence-electron chi connectivity index (χ0n) is 13.6. The van der Waals surface area contributed by atoms with E-state index < -0.39 is 10.0 Å². The van der Waals surface area contributed by atoms with Crippen molar-refractivity contribution in [3.63, 3.8) is 0 Å². The van der Waals surface area contributed by atoms with Crippen molar-refractivity contribution in [2.75, 3.05) is 6.54 Å². The molecular weight excluding hydrogens is 412 g/mol. The molecular formula is C17H20BrClN2O2S. The average molecular weight is 432 g/mol. The molecule has 3 rings (SSSR count). The summed E-state index contributed by atoms with van der Waals surface area (Å²) in [6, 6.07) is 3.45. The van der Waals surface area contributed by atoms with Gasteiger partial charge in [0, 0.05) is 28.3 Å². The largest absolute Gasteiger partial charge is 0.244 e. The summed E-state index contributed by atoms with van der Waals surface area (Å²) in [7, 11) is -3.61. The summed E-state index contributed by atoms with van der Waals surface area (Å²) >= 11 is 9.73. The van der Waals surface area contributed by atoms with Crippen molar-refractivity contribution >= 4 is 48.3 Å². The Morgan fingerprint density at radius 2 is 2.12 bits per heavy atom. The van der Waals surface area contributed by atoms with Crippen LogP contribution in [0.3, 0.4) is 0 Å². The number of hydrogen-bond acceptors (Lipinski definition) is 3. The van der Waals surface area contributed by atoms with Gasteiger partial charge in [0.1, 0.15) is 5.15 Å². The normalized spacial score (nSPS) is 18.1. The van der Waals surface area contributed by atoms with E-state index in [4.69, 9.17) is 11.6 Å². The molecule has 130 valence electrons. The molecule has 1 unspecified atom stereocenters. The maximum Gasteiger partial charge on any atom is 0.241 e. The highest BCUT2D eigenvalue weighted by molar-refractivity contribution is 9.09. The second-order valence-electron chi connectivity index (χ2n) is 6.60. The third-order valence-corrected chi connectivity index (χ3v) is 6.91. The lowest BCUT2D eigenvalue weighted by molar-refractivity contribution is 0.560. The summed E-state index contributed by atoms with van der Waals surface area (Å²) < 4.78 is 28.4. The molecule has 4 nitrogen and oxygen atoms in total. The minimum Gasteiger partial charge on any atom is -0.244 e. The lowest BCUT2D eigenvalue weighted by atomic mass is 9.88. The van der Waals surface area contributed by atoms with E-state index in [1.54, 1.807) is 18.3 Å². The number of sulfonamides is 1. The predicted octanol–water partition coefficient (Wildman–Crippen LogP) is 4.59. The van der Waals surface area contributed by atoms with Gasteiger partial charge in [0.25, 0.3) is 0 Å². The second-order valence-corrected chi connectivity index (χ2v) is 9.83. The Morgan fingerprint density at radius 3 is 2.83 bits per heavy atom. The number of nitrogens with zero attached hydrogens (tertiary/aromatic N) is 1. The van der Waals surface area contributed by atoms with Crippen LogP contribution in [-0.2, 0) is 16.4 Å². The lowest BCUT2D eigenvalue weighted by Crippen LogP contribution is -2.28. The highest BCUT2D eigenvalue weighted by Gasteiger charge is 2.26. The number of nitrogens with one attached hydrogen (secondary N) is 1. The van der Waals surface area contributed by atoms with E-state index in [9.17, 15) is 8.42 Å². The van der Waals surface area contributed by atoms with E-state index in [1.165, 1.54) is 5.56 Å². The molecule has 1 atom stereocenters. The standard InChI is InChI=1S/C17H20BrClN2O2S/c1-10(2)8-21-24(22,23)16-6-12-11(4-3-5-15(12)18)14-9-20-17(19)7-13(14)16/h6-7,9-10,15,21H,3-5,8H2,1-2H3. The van der Waals surface area contributed by atoms with Crippen molar-refractivity contribution in [2.24, 2.45) is 5.92 Å². The van der Waals surface area contributed by atoms with Gasteiger partial charge in [-0.15, -0.1) is 0 Å². The Hall–Kier alpha value is -0.690. The van der Waals surface area contributed by atoms with Crippen molar-refractivity contribution in [1.29, 1.82) is 0 Å². The van der Waals surface area contributed by atoms with Gasteiger partial charge in [-0.05, 0) is 48.4 Å². The van der Waals surface area contributed by atoms with Gasteiger partial charge in [-0.2, -0.15) is 0 Å². The highest BCUT2D eigenvalue weighted by Crippen LogP contribution is 2.41. The van der Waals surface area contributed by atoms with Crippen LogP contribution in [-0.4, -0.2) is 19.9 Å². The summed E-state index contributed by atoms with van der Waals surface area (Å²) in [4.78, 5) is 4.62. The first kappa shape index (κ1) is 18.1. The Morgan fingerprint density at radius 1 is 1.38 bits per heavy atom. The van der Waals surface area contributed by atoms with E-state index in [1.807, 2.05) is 13.8 Å². The van der Waals surface area contributed by atoms with E-state index in [0.29, 0.717) is 17.1 Å². The maximum atomic E-state index is 12.9. The molecule has 0 saturated carbocycles. The van der Waals surface area contributed by atoms with Crippen LogP contribution < -0.4 is 4.72 Å². The van der Waals surface area contributed by atoms with Crippen LogP contribution in [0.15, 0.2) is 23.2 Å². The topological polar surface area (TPSA) is 59.1 Å². The number of aryl methyl sites for hydroxylation is 1. The zero-order valence-corrected chi connectivity index (χ0v) is 16.8. The number of halogens is 2. The molecule has 1 aromatic carbocycles. The summed E-state index contributed by atoms with van der Waals surface area (Å²) in [5.41, 5.74) is 2.22. The number of rotatable bonds is 4. The third kappa shape index (κ3) is 3.47. The number of pyridine rings is 1. The van der Waals surface area contributed by atoms with Gasteiger partial charge in [0.2, 0.25) is 10.0 Å². The molecule has 0 saturated heterocycles. The van der Waals surface area contributed by atoms with Crippen LogP contribution in [0.1, 0.15) is 42.6 Å². The first-order valence-electron chi connectivity index (χ1n) is 8.04. The molecule has 1 aromatic heterocycles. The molecule has 0 spiro atoms. The molecule has 0 aliphatic heterocycles. The van der Waals surface area contributed by atoms with Crippen molar-refractivity contribution < 1.29 is 8.42 Å². The average Bonchev–Trinajstić information content (AvgIpc) is 2.52. The van der Waals surface area contributed by atoms with E-state index >= 15 is 0 Å². The Labute approximate surface area is 156 Å². The monoisotopic (exact) mass is 430 g/mol. The number of aromatic nitrogens is 1. The van der Waals surface area contributed by atoms with Crippen LogP contribution in [0, 0.1) is 5.92 Å². The molecule has 1 heterocycles. The molecule has 1 aliphatic rings. The molecule has 0 fully saturated rings. The summed E-state index contributed by atoms with van der Waals surface area (Å²) in [5.74, 6) is 0.234. The van der Waals surface area contributed by atoms with Gasteiger partial charge in [-0.3, -0.25) is 0 Å².